The van der Waals surface area contributed by atoms with Gasteiger partial charge in [0.1, 0.15) is 18.4 Å². The Morgan fingerprint density at radius 1 is 1.24 bits per heavy atom. The molecule has 4 fully saturated rings. The molecule has 3 saturated carbocycles. The number of halogens is 1. The number of allylic oxidation sites excluding steroid dienone is 4. The van der Waals surface area contributed by atoms with Crippen molar-refractivity contribution in [2.24, 2.45) is 34.5 Å². The quantitative estimate of drug-likeness (QED) is 0.646. The van der Waals surface area contributed by atoms with Crippen LogP contribution in [0.25, 0.3) is 0 Å². The Hall–Kier alpha value is -1.41. The van der Waals surface area contributed by atoms with Crippen LogP contribution in [0, 0.1) is 34.5 Å². The second kappa shape index (κ2) is 7.79. The Morgan fingerprint density at radius 2 is 1.97 bits per heavy atom. The van der Waals surface area contributed by atoms with E-state index in [-0.39, 0.29) is 54.7 Å². The predicted octanol–water partition coefficient (Wildman–Crippen LogP) is 3.65. The third-order valence-corrected chi connectivity index (χ3v) is 10.0. The maximum Gasteiger partial charge on any atom is 0.281 e. The molecule has 0 aromatic carbocycles. The van der Waals surface area contributed by atoms with Crippen LogP contribution < -0.4 is 0 Å². The molecule has 5 aliphatic rings. The van der Waals surface area contributed by atoms with Gasteiger partial charge in [0.2, 0.25) is 0 Å². The average molecular weight is 477 g/mol. The first kappa shape index (κ1) is 24.3. The molecule has 1 saturated heterocycles. The van der Waals surface area contributed by atoms with Crippen molar-refractivity contribution in [1.82, 2.24) is 0 Å². The molecule has 0 aromatic rings. The number of hydrogen-bond donors (Lipinski definition) is 2. The lowest BCUT2D eigenvalue weighted by molar-refractivity contribution is -0.423. The van der Waals surface area contributed by atoms with Crippen molar-refractivity contribution in [3.05, 3.63) is 23.8 Å². The van der Waals surface area contributed by atoms with Crippen molar-refractivity contribution < 1.29 is 33.7 Å². The molecule has 2 N–H and O–H groups in total. The van der Waals surface area contributed by atoms with Crippen molar-refractivity contribution in [2.75, 3.05) is 6.61 Å². The molecule has 5 rings (SSSR count). The van der Waals surface area contributed by atoms with Crippen LogP contribution in [0.3, 0.4) is 0 Å². The van der Waals surface area contributed by atoms with Crippen LogP contribution in [0.2, 0.25) is 0 Å². The Morgan fingerprint density at radius 3 is 2.68 bits per heavy atom. The molecule has 6 nitrogen and oxygen atoms in total. The van der Waals surface area contributed by atoms with Gasteiger partial charge in [-0.05, 0) is 61.2 Å². The number of rotatable bonds is 3. The lowest BCUT2D eigenvalue weighted by atomic mass is 9.45. The summed E-state index contributed by atoms with van der Waals surface area (Å²) in [6.07, 6.45) is 5.51. The fourth-order valence-electron chi connectivity index (χ4n) is 8.61. The van der Waals surface area contributed by atoms with Crippen LogP contribution in [0.5, 0.6) is 0 Å². The van der Waals surface area contributed by atoms with Gasteiger partial charge in [0.25, 0.3) is 5.97 Å². The average Bonchev–Trinajstić information content (AvgIpc) is 2.98. The molecule has 188 valence electrons. The number of ketones is 2. The Kier molecular flexibility index (Phi) is 5.57. The van der Waals surface area contributed by atoms with E-state index in [0.29, 0.717) is 24.8 Å². The monoisotopic (exact) mass is 476 g/mol. The summed E-state index contributed by atoms with van der Waals surface area (Å²) in [5.41, 5.74) is -2.37. The minimum absolute atomic E-state index is 0.0731. The molecule has 10 atom stereocenters. The van der Waals surface area contributed by atoms with Crippen LogP contribution in [-0.4, -0.2) is 52.2 Å². The molecule has 4 aliphatic carbocycles. The zero-order valence-electron chi connectivity index (χ0n) is 20.6. The van der Waals surface area contributed by atoms with Gasteiger partial charge in [-0.25, -0.2) is 4.39 Å². The minimum atomic E-state index is -1.85. The lowest BCUT2D eigenvalue weighted by Gasteiger charge is -2.61. The highest BCUT2D eigenvalue weighted by molar-refractivity contribution is 6.01. The normalized spacial score (nSPS) is 52.3. The van der Waals surface area contributed by atoms with E-state index in [4.69, 9.17) is 9.47 Å². The Balaban J connectivity index is 1.56. The number of aliphatic hydroxyl groups is 2. The summed E-state index contributed by atoms with van der Waals surface area (Å²) in [7, 11) is 0. The first-order valence-electron chi connectivity index (χ1n) is 12.8. The fraction of sp³-hybridized carbons (Fsp3) is 0.778. The maximum absolute atomic E-state index is 15.6. The molecule has 34 heavy (non-hydrogen) atoms. The molecule has 7 heteroatoms. The largest absolute Gasteiger partial charge is 0.393 e. The van der Waals surface area contributed by atoms with Gasteiger partial charge in [-0.1, -0.05) is 40.2 Å². The second-order valence-corrected chi connectivity index (χ2v) is 11.8. The van der Waals surface area contributed by atoms with Crippen LogP contribution in [0.4, 0.5) is 4.39 Å². The topological polar surface area (TPSA) is 93.1 Å². The molecule has 1 heterocycles. The highest BCUT2D eigenvalue weighted by Gasteiger charge is 2.74. The van der Waals surface area contributed by atoms with Crippen LogP contribution in [0.15, 0.2) is 23.8 Å². The Bertz CT molecular complexity index is 961. The van der Waals surface area contributed by atoms with Gasteiger partial charge in [0.05, 0.1) is 6.10 Å². The molecule has 0 radical (unpaired) electrons. The van der Waals surface area contributed by atoms with E-state index in [9.17, 15) is 19.8 Å². The number of hydrogen-bond acceptors (Lipinski definition) is 6. The van der Waals surface area contributed by atoms with Crippen molar-refractivity contribution in [1.29, 1.82) is 0 Å². The number of Topliss-reactive ketones (excluding diaryl/α,β-unsaturated/α-hetero) is 1. The first-order chi connectivity index (χ1) is 15.9. The number of ether oxygens (including phenoxy) is 2. The molecule has 1 spiro atoms. The summed E-state index contributed by atoms with van der Waals surface area (Å²) in [6.45, 7) is 7.64. The van der Waals surface area contributed by atoms with Crippen molar-refractivity contribution >= 4 is 11.6 Å². The van der Waals surface area contributed by atoms with Crippen molar-refractivity contribution in [3.8, 4) is 0 Å². The molecule has 1 aliphatic heterocycles. The lowest BCUT2D eigenvalue weighted by Crippen LogP contribution is -2.69. The molecule has 0 amide bonds. The van der Waals surface area contributed by atoms with E-state index in [1.54, 1.807) is 6.08 Å². The van der Waals surface area contributed by atoms with Crippen LogP contribution >= 0.6 is 0 Å². The summed E-state index contributed by atoms with van der Waals surface area (Å²) >= 11 is 0. The molecular weight excluding hydrogens is 439 g/mol. The number of unbranched alkanes of at least 4 members (excludes halogenated alkanes) is 1. The van der Waals surface area contributed by atoms with E-state index in [1.807, 2.05) is 27.7 Å². The fourth-order valence-corrected chi connectivity index (χ4v) is 8.61. The van der Waals surface area contributed by atoms with Gasteiger partial charge < -0.3 is 19.7 Å². The molecule has 0 bridgehead atoms. The second-order valence-electron chi connectivity index (χ2n) is 11.8. The number of fused-ring (bicyclic) bond motifs is 6. The smallest absolute Gasteiger partial charge is 0.281 e. The van der Waals surface area contributed by atoms with Gasteiger partial charge in [-0.3, -0.25) is 9.59 Å². The highest BCUT2D eigenvalue weighted by Crippen LogP contribution is 2.70. The number of carbonyl (C=O) groups excluding carboxylic acids is 2. The Labute approximate surface area is 200 Å². The van der Waals surface area contributed by atoms with E-state index >= 15 is 4.39 Å². The van der Waals surface area contributed by atoms with E-state index in [2.05, 4.69) is 0 Å². The first-order valence-corrected chi connectivity index (χ1v) is 12.8. The van der Waals surface area contributed by atoms with E-state index < -0.39 is 34.7 Å². The number of aliphatic hydroxyl groups excluding tert-OH is 1. The number of carbonyl (C=O) groups is 2. The standard InChI is InChI=1S/C27H37FO6/c1-5-6-8-26(32)33-14-22(31)27(34-26)15(2)10-18-17-12-20(28)19-11-16(29)7-9-24(19,3)23(17)21(30)13-25(18,27)4/h7,9,11,15,17-18,20-21,23,30,32H,5-6,8,10,12-14H2,1-4H3/t15-,17?,18+,20+,21?,23?,24?,25?,26?,27+/m1/s1. The third-order valence-electron chi connectivity index (χ3n) is 10.0. The van der Waals surface area contributed by atoms with Crippen molar-refractivity contribution in [2.45, 2.75) is 90.1 Å². The predicted molar refractivity (Wildman–Crippen MR) is 122 cm³/mol. The van der Waals surface area contributed by atoms with E-state index in [0.717, 1.165) is 6.42 Å². The van der Waals surface area contributed by atoms with Gasteiger partial charge in [-0.2, -0.15) is 0 Å². The molecule has 6 unspecified atom stereocenters. The summed E-state index contributed by atoms with van der Waals surface area (Å²) in [4.78, 5) is 25.6. The SMILES string of the molecule is CCCCC1(O)OCC(=O)[C@@]2(O1)[C@H](C)C[C@H]1C3C[C@H](F)C4=CC(=O)C=CC4(C)C3C(O)CC12C. The zero-order valence-corrected chi connectivity index (χ0v) is 20.6. The minimum Gasteiger partial charge on any atom is -0.393 e. The maximum atomic E-state index is 15.6. The summed E-state index contributed by atoms with van der Waals surface area (Å²) in [5, 5.41) is 22.8. The van der Waals surface area contributed by atoms with Crippen LogP contribution in [-0.2, 0) is 19.1 Å². The van der Waals surface area contributed by atoms with Crippen LogP contribution in [0.1, 0.15) is 66.2 Å². The van der Waals surface area contributed by atoms with Gasteiger partial charge in [0, 0.05) is 23.2 Å². The number of alkyl halides is 1. The third kappa shape index (κ3) is 3.06. The van der Waals surface area contributed by atoms with Gasteiger partial charge >= 0.3 is 0 Å². The summed E-state index contributed by atoms with van der Waals surface area (Å²) < 4.78 is 27.4. The van der Waals surface area contributed by atoms with Gasteiger partial charge in [0.15, 0.2) is 11.6 Å². The highest BCUT2D eigenvalue weighted by atomic mass is 19.1. The van der Waals surface area contributed by atoms with Crippen molar-refractivity contribution in [3.63, 3.8) is 0 Å². The zero-order chi connectivity index (χ0) is 24.7. The summed E-state index contributed by atoms with van der Waals surface area (Å²) in [6, 6.07) is 0. The summed E-state index contributed by atoms with van der Waals surface area (Å²) in [5.74, 6) is -3.01. The van der Waals surface area contributed by atoms with E-state index in [1.165, 1.54) is 12.2 Å². The van der Waals surface area contributed by atoms with Gasteiger partial charge in [-0.15, -0.1) is 0 Å². The molecular formula is C27H37FO6. The molecule has 0 aromatic heterocycles.